The summed E-state index contributed by atoms with van der Waals surface area (Å²) in [5.41, 5.74) is 5.46. The lowest BCUT2D eigenvalue weighted by molar-refractivity contribution is -0.129. The molecule has 0 aliphatic carbocycles. The molecule has 0 bridgehead atoms. The van der Waals surface area contributed by atoms with Crippen LogP contribution in [0.2, 0.25) is 0 Å². The molecule has 4 heterocycles. The van der Waals surface area contributed by atoms with Crippen LogP contribution in [0.15, 0.2) is 0 Å². The molecule has 4 rings (SSSR count). The predicted octanol–water partition coefficient (Wildman–Crippen LogP) is -5.33. The number of carbonyl (C=O) groups excluding carboxylic acids is 6. The topological polar surface area (TPSA) is 249 Å². The van der Waals surface area contributed by atoms with Gasteiger partial charge in [-0.25, -0.2) is 0 Å². The highest BCUT2D eigenvalue weighted by Gasteiger charge is 2.40. The van der Waals surface area contributed by atoms with E-state index in [1.54, 1.807) is 6.92 Å². The van der Waals surface area contributed by atoms with Crippen molar-refractivity contribution in [3.05, 3.63) is 0 Å². The first kappa shape index (κ1) is 37.4. The highest BCUT2D eigenvalue weighted by atomic mass is 16.2. The van der Waals surface area contributed by atoms with E-state index in [9.17, 15) is 28.8 Å². The van der Waals surface area contributed by atoms with Crippen molar-refractivity contribution >= 4 is 35.4 Å². The molecule has 4 saturated heterocycles. The second-order valence-corrected chi connectivity index (χ2v) is 14.0. The normalized spacial score (nSPS) is 31.2. The summed E-state index contributed by atoms with van der Waals surface area (Å²) in [6.45, 7) is 9.44. The van der Waals surface area contributed by atoms with Crippen molar-refractivity contribution in [3.63, 3.8) is 0 Å². The van der Waals surface area contributed by atoms with Crippen molar-refractivity contribution in [3.8, 4) is 0 Å². The van der Waals surface area contributed by atoms with Crippen LogP contribution in [0.3, 0.4) is 0 Å². The molecule has 4 aliphatic heterocycles. The van der Waals surface area contributed by atoms with Crippen molar-refractivity contribution in [2.45, 2.75) is 57.4 Å². The maximum atomic E-state index is 13.4. The number of hydrogen-bond acceptors (Lipinski definition) is 11. The first-order valence-electron chi connectivity index (χ1n) is 17.2. The first-order chi connectivity index (χ1) is 22.9. The van der Waals surface area contributed by atoms with Gasteiger partial charge in [0.15, 0.2) is 0 Å². The maximum absolute atomic E-state index is 13.4. The molecule has 0 spiro atoms. The number of amides is 6. The fourth-order valence-electron chi connectivity index (χ4n) is 6.90. The van der Waals surface area contributed by atoms with Gasteiger partial charge in [-0.2, -0.15) is 0 Å². The highest BCUT2D eigenvalue weighted by Crippen LogP contribution is 2.17. The van der Waals surface area contributed by atoms with E-state index in [0.29, 0.717) is 52.4 Å². The Labute approximate surface area is 281 Å². The Balaban J connectivity index is 1.25. The molecular weight excluding hydrogens is 622 g/mol. The van der Waals surface area contributed by atoms with Crippen LogP contribution < -0.4 is 58.9 Å². The molecule has 0 radical (unpaired) electrons. The number of nitrogens with two attached hydrogens (primary N) is 1. The molecule has 48 heavy (non-hydrogen) atoms. The molecule has 6 amide bonds. The average molecular weight is 678 g/mol. The predicted molar refractivity (Wildman–Crippen MR) is 177 cm³/mol. The number of carbonyl (C=O) groups is 6. The lowest BCUT2D eigenvalue weighted by Crippen LogP contribution is -2.54. The van der Waals surface area contributed by atoms with Gasteiger partial charge in [-0.3, -0.25) is 28.8 Å². The van der Waals surface area contributed by atoms with Crippen molar-refractivity contribution in [1.29, 1.82) is 0 Å². The summed E-state index contributed by atoms with van der Waals surface area (Å²) in [5, 5.41) is 30.5. The van der Waals surface area contributed by atoms with Gasteiger partial charge >= 0.3 is 0 Å². The molecule has 17 heteroatoms. The fourth-order valence-corrected chi connectivity index (χ4v) is 6.90. The Kier molecular flexibility index (Phi) is 13.5. The number of likely N-dealkylation sites (N-methyl/N-ethyl adjacent to an activating group) is 1. The Morgan fingerprint density at radius 2 is 1.15 bits per heavy atom. The van der Waals surface area contributed by atoms with Crippen molar-refractivity contribution < 1.29 is 28.8 Å². The van der Waals surface area contributed by atoms with Crippen LogP contribution in [0, 0.1) is 35.5 Å². The Bertz CT molecular complexity index is 1190. The van der Waals surface area contributed by atoms with Gasteiger partial charge in [0.1, 0.15) is 0 Å². The monoisotopic (exact) mass is 677 g/mol. The average Bonchev–Trinajstić information content (AvgIpc) is 3.86. The summed E-state index contributed by atoms with van der Waals surface area (Å²) in [4.78, 5) is 77.1. The maximum Gasteiger partial charge on any atom is 0.226 e. The van der Waals surface area contributed by atoms with Crippen LogP contribution in [-0.4, -0.2) is 132 Å². The van der Waals surface area contributed by atoms with Crippen LogP contribution in [0.4, 0.5) is 0 Å². The summed E-state index contributed by atoms with van der Waals surface area (Å²) in [7, 11) is 1.82. The second kappa shape index (κ2) is 17.3. The summed E-state index contributed by atoms with van der Waals surface area (Å²) in [6, 6.07) is -1.73. The van der Waals surface area contributed by atoms with Crippen LogP contribution in [-0.2, 0) is 28.8 Å². The summed E-state index contributed by atoms with van der Waals surface area (Å²) in [5.74, 6) is -3.99. The van der Waals surface area contributed by atoms with Gasteiger partial charge in [-0.1, -0.05) is 20.8 Å². The number of rotatable bonds is 15. The van der Waals surface area contributed by atoms with Gasteiger partial charge in [0, 0.05) is 77.4 Å². The smallest absolute Gasteiger partial charge is 0.226 e. The molecule has 0 aromatic heterocycles. The SMILES string of the molecule is CN[C@H]1CNC[C@@H]1C(=O)NC[C@H](C)C(=O)N[C@H]1CNC[C@@H]1C(=O)N[C@H]1CNC[C@@H]1C(=O)N[C@H](CC(=O)N[C@H]1CNC[C@@H]1C(N)=O)C(C)C. The minimum absolute atomic E-state index is 0.0358. The quantitative estimate of drug-likeness (QED) is 0.0781. The molecule has 4 fully saturated rings. The number of hydrogen-bond donors (Lipinski definition) is 11. The Hall–Kier alpha value is -3.38. The molecular formula is C31H55N11O6. The molecule has 0 aromatic carbocycles. The molecule has 0 unspecified atom stereocenters. The number of primary amides is 1. The van der Waals surface area contributed by atoms with E-state index >= 15 is 0 Å². The largest absolute Gasteiger partial charge is 0.369 e. The van der Waals surface area contributed by atoms with E-state index < -0.39 is 53.7 Å². The summed E-state index contributed by atoms with van der Waals surface area (Å²) in [6.07, 6.45) is 0.0358. The van der Waals surface area contributed by atoms with Crippen molar-refractivity contribution in [1.82, 2.24) is 53.2 Å². The van der Waals surface area contributed by atoms with Gasteiger partial charge in [0.05, 0.1) is 47.7 Å². The third-order valence-electron chi connectivity index (χ3n) is 10.2. The zero-order valence-corrected chi connectivity index (χ0v) is 28.4. The zero-order valence-electron chi connectivity index (χ0n) is 28.4. The summed E-state index contributed by atoms with van der Waals surface area (Å²) >= 11 is 0. The lowest BCUT2D eigenvalue weighted by atomic mass is 9.95. The third-order valence-corrected chi connectivity index (χ3v) is 10.2. The van der Waals surface area contributed by atoms with Gasteiger partial charge in [0.25, 0.3) is 0 Å². The molecule has 17 nitrogen and oxygen atoms in total. The van der Waals surface area contributed by atoms with E-state index in [1.165, 1.54) is 0 Å². The summed E-state index contributed by atoms with van der Waals surface area (Å²) < 4.78 is 0. The van der Waals surface area contributed by atoms with Crippen LogP contribution in [0.25, 0.3) is 0 Å². The van der Waals surface area contributed by atoms with Gasteiger partial charge in [-0.15, -0.1) is 0 Å². The molecule has 10 atom stereocenters. The van der Waals surface area contributed by atoms with E-state index in [2.05, 4.69) is 53.2 Å². The fraction of sp³-hybridized carbons (Fsp3) is 0.806. The minimum Gasteiger partial charge on any atom is -0.369 e. The van der Waals surface area contributed by atoms with E-state index in [1.807, 2.05) is 20.9 Å². The highest BCUT2D eigenvalue weighted by molar-refractivity contribution is 5.86. The van der Waals surface area contributed by atoms with Crippen molar-refractivity contribution in [2.24, 2.45) is 41.2 Å². The van der Waals surface area contributed by atoms with Crippen LogP contribution in [0.5, 0.6) is 0 Å². The molecule has 270 valence electrons. The number of nitrogens with one attached hydrogen (secondary N) is 10. The molecule has 0 aromatic rings. The van der Waals surface area contributed by atoms with E-state index in [4.69, 9.17) is 5.73 Å². The van der Waals surface area contributed by atoms with Crippen molar-refractivity contribution in [2.75, 3.05) is 66.0 Å². The standard InChI is InChI=1S/C31H55N11O6/c1-15(2)21(5-26(43)39-23-12-34-7-17(23)27(32)44)40-30(47)20-10-37-14-25(20)42-31(48)19-9-36-13-24(19)41-28(45)16(3)6-38-29(46)18-8-35-11-22(18)33-4/h15-25,33-37H,5-14H2,1-4H3,(H2,32,44)(H,38,46)(H,39,43)(H,40,47)(H,41,45)(H,42,48)/t16-,17-,18-,19-,20-,21+,22-,23-,24-,25-/m0/s1. The Morgan fingerprint density at radius 3 is 1.71 bits per heavy atom. The van der Waals surface area contributed by atoms with E-state index in [0.717, 1.165) is 0 Å². The van der Waals surface area contributed by atoms with Crippen LogP contribution >= 0.6 is 0 Å². The molecule has 12 N–H and O–H groups in total. The molecule has 4 aliphatic rings. The van der Waals surface area contributed by atoms with Gasteiger partial charge in [0.2, 0.25) is 35.4 Å². The van der Waals surface area contributed by atoms with Crippen LogP contribution in [0.1, 0.15) is 27.2 Å². The second-order valence-electron chi connectivity index (χ2n) is 14.0. The van der Waals surface area contributed by atoms with Gasteiger partial charge in [-0.05, 0) is 13.0 Å². The zero-order chi connectivity index (χ0) is 35.0. The Morgan fingerprint density at radius 1 is 0.646 bits per heavy atom. The third kappa shape index (κ3) is 9.62. The lowest BCUT2D eigenvalue weighted by Gasteiger charge is -2.28. The first-order valence-corrected chi connectivity index (χ1v) is 17.2. The van der Waals surface area contributed by atoms with Gasteiger partial charge < -0.3 is 58.9 Å². The van der Waals surface area contributed by atoms with E-state index in [-0.39, 0.29) is 60.4 Å². The minimum atomic E-state index is -0.555. The molecule has 0 saturated carbocycles.